The monoisotopic (exact) mass is 378 g/mol. The summed E-state index contributed by atoms with van der Waals surface area (Å²) >= 11 is 0. The van der Waals surface area contributed by atoms with E-state index in [-0.39, 0.29) is 16.8 Å². The van der Waals surface area contributed by atoms with E-state index in [0.29, 0.717) is 37.4 Å². The van der Waals surface area contributed by atoms with Crippen LogP contribution in [0, 0.1) is 0 Å². The Kier molecular flexibility index (Phi) is 5.28. The van der Waals surface area contributed by atoms with Gasteiger partial charge in [-0.1, -0.05) is 0 Å². The fourth-order valence-corrected chi connectivity index (χ4v) is 4.29. The van der Waals surface area contributed by atoms with Crippen molar-refractivity contribution in [2.24, 2.45) is 7.05 Å². The molecule has 2 aromatic rings. The maximum absolute atomic E-state index is 12.5. The molecule has 0 bridgehead atoms. The van der Waals surface area contributed by atoms with Crippen LogP contribution < -0.4 is 9.46 Å². The number of aryl methyl sites for hydroxylation is 1. The van der Waals surface area contributed by atoms with Gasteiger partial charge in [0.05, 0.1) is 12.0 Å². The van der Waals surface area contributed by atoms with Gasteiger partial charge in [-0.3, -0.25) is 9.48 Å². The van der Waals surface area contributed by atoms with Crippen molar-refractivity contribution >= 4 is 15.9 Å². The lowest BCUT2D eigenvalue weighted by atomic mass is 10.1. The minimum atomic E-state index is -3.60. The van der Waals surface area contributed by atoms with Gasteiger partial charge in [0.1, 0.15) is 11.4 Å². The summed E-state index contributed by atoms with van der Waals surface area (Å²) in [7, 11) is -0.340. The highest BCUT2D eigenvalue weighted by Gasteiger charge is 2.28. The zero-order valence-corrected chi connectivity index (χ0v) is 15.6. The number of likely N-dealkylation sites (tertiary alicyclic amines) is 1. The second-order valence-electron chi connectivity index (χ2n) is 6.20. The lowest BCUT2D eigenvalue weighted by Crippen LogP contribution is -2.46. The van der Waals surface area contributed by atoms with Gasteiger partial charge in [-0.2, -0.15) is 5.10 Å². The number of rotatable bonds is 5. The van der Waals surface area contributed by atoms with Gasteiger partial charge in [0.25, 0.3) is 5.91 Å². The van der Waals surface area contributed by atoms with Gasteiger partial charge in [-0.25, -0.2) is 13.1 Å². The summed E-state index contributed by atoms with van der Waals surface area (Å²) in [4.78, 5) is 14.4. The number of ether oxygens (including phenoxy) is 1. The predicted octanol–water partition coefficient (Wildman–Crippen LogP) is 1.01. The predicted molar refractivity (Wildman–Crippen MR) is 95.4 cm³/mol. The molecule has 1 N–H and O–H groups in total. The molecule has 0 spiro atoms. The van der Waals surface area contributed by atoms with Gasteiger partial charge < -0.3 is 9.64 Å². The van der Waals surface area contributed by atoms with E-state index in [1.165, 1.54) is 19.2 Å². The lowest BCUT2D eigenvalue weighted by molar-refractivity contribution is 0.0700. The first-order valence-corrected chi connectivity index (χ1v) is 9.82. The van der Waals surface area contributed by atoms with E-state index in [2.05, 4.69) is 9.82 Å². The number of carbonyl (C=O) groups is 1. The number of hydrogen-bond acceptors (Lipinski definition) is 5. The first-order chi connectivity index (χ1) is 12.4. The number of piperidine rings is 1. The van der Waals surface area contributed by atoms with Crippen molar-refractivity contribution in [3.05, 3.63) is 42.2 Å². The minimum absolute atomic E-state index is 0.0820. The van der Waals surface area contributed by atoms with Gasteiger partial charge in [-0.15, -0.1) is 0 Å². The van der Waals surface area contributed by atoms with Crippen molar-refractivity contribution in [3.8, 4) is 5.75 Å². The maximum Gasteiger partial charge on any atom is 0.272 e. The summed E-state index contributed by atoms with van der Waals surface area (Å²) in [6, 6.07) is 7.75. The molecule has 1 aromatic carbocycles. The van der Waals surface area contributed by atoms with Crippen LogP contribution in [0.4, 0.5) is 0 Å². The maximum atomic E-state index is 12.5. The first kappa shape index (κ1) is 18.4. The molecule has 2 heterocycles. The molecule has 0 atom stereocenters. The molecule has 3 rings (SSSR count). The molecule has 1 fully saturated rings. The van der Waals surface area contributed by atoms with Crippen LogP contribution in [0.3, 0.4) is 0 Å². The fourth-order valence-electron chi connectivity index (χ4n) is 2.99. The highest BCUT2D eigenvalue weighted by atomic mass is 32.2. The normalized spacial score (nSPS) is 15.8. The van der Waals surface area contributed by atoms with E-state index in [9.17, 15) is 13.2 Å². The number of sulfonamides is 1. The molecule has 1 amide bonds. The van der Waals surface area contributed by atoms with Crippen molar-refractivity contribution in [1.29, 1.82) is 0 Å². The Bertz CT molecular complexity index is 868. The third kappa shape index (κ3) is 3.88. The quantitative estimate of drug-likeness (QED) is 0.838. The molecule has 26 heavy (non-hydrogen) atoms. The number of carbonyl (C=O) groups excluding carboxylic acids is 1. The summed E-state index contributed by atoms with van der Waals surface area (Å²) in [5.41, 5.74) is 0.530. The summed E-state index contributed by atoms with van der Waals surface area (Å²) in [6.45, 7) is 1.000. The van der Waals surface area contributed by atoms with Crippen molar-refractivity contribution < 1.29 is 17.9 Å². The zero-order valence-electron chi connectivity index (χ0n) is 14.8. The van der Waals surface area contributed by atoms with E-state index in [1.54, 1.807) is 41.0 Å². The molecule has 1 aromatic heterocycles. The number of methoxy groups -OCH3 is 1. The number of nitrogens with zero attached hydrogens (tertiary/aromatic N) is 3. The fraction of sp³-hybridized carbons (Fsp3) is 0.412. The Labute approximate surface area is 152 Å². The molecular formula is C17H22N4O4S. The standard InChI is InChI=1S/C17H22N4O4S/c1-20-16(7-10-18-20)17(22)21-11-8-13(9-12-21)19-26(23,24)15-5-3-14(25-2)4-6-15/h3-7,10,13,19H,8-9,11-12H2,1-2H3. The summed E-state index contributed by atoms with van der Waals surface area (Å²) in [5.74, 6) is 0.521. The van der Waals surface area contributed by atoms with Crippen molar-refractivity contribution in [3.63, 3.8) is 0 Å². The van der Waals surface area contributed by atoms with E-state index >= 15 is 0 Å². The van der Waals surface area contributed by atoms with Gasteiger partial charge in [-0.05, 0) is 43.2 Å². The van der Waals surface area contributed by atoms with Crippen LogP contribution in [0.25, 0.3) is 0 Å². The number of hydrogen-bond donors (Lipinski definition) is 1. The lowest BCUT2D eigenvalue weighted by Gasteiger charge is -2.32. The molecule has 8 nitrogen and oxygen atoms in total. The van der Waals surface area contributed by atoms with Crippen LogP contribution in [-0.4, -0.2) is 55.2 Å². The average Bonchev–Trinajstić information content (AvgIpc) is 3.07. The van der Waals surface area contributed by atoms with Gasteiger partial charge >= 0.3 is 0 Å². The Morgan fingerprint density at radius 2 is 1.85 bits per heavy atom. The van der Waals surface area contributed by atoms with Crippen LogP contribution in [0.15, 0.2) is 41.4 Å². The Balaban J connectivity index is 1.59. The Morgan fingerprint density at radius 1 is 1.19 bits per heavy atom. The summed E-state index contributed by atoms with van der Waals surface area (Å²) in [6.07, 6.45) is 2.72. The number of nitrogens with one attached hydrogen (secondary N) is 1. The molecule has 9 heteroatoms. The van der Waals surface area contributed by atoms with Crippen molar-refractivity contribution in [2.75, 3.05) is 20.2 Å². The first-order valence-electron chi connectivity index (χ1n) is 8.34. The molecule has 1 saturated heterocycles. The molecule has 1 aliphatic rings. The second kappa shape index (κ2) is 7.46. The molecule has 0 unspecified atom stereocenters. The van der Waals surface area contributed by atoms with Gasteiger partial charge in [0.2, 0.25) is 10.0 Å². The van der Waals surface area contributed by atoms with E-state index < -0.39 is 10.0 Å². The Morgan fingerprint density at radius 3 is 2.38 bits per heavy atom. The number of aromatic nitrogens is 2. The highest BCUT2D eigenvalue weighted by molar-refractivity contribution is 7.89. The van der Waals surface area contributed by atoms with Crippen LogP contribution in [0.2, 0.25) is 0 Å². The number of benzene rings is 1. The Hall–Kier alpha value is -2.39. The SMILES string of the molecule is COc1ccc(S(=O)(=O)NC2CCN(C(=O)c3ccnn3C)CC2)cc1. The largest absolute Gasteiger partial charge is 0.497 e. The average molecular weight is 378 g/mol. The topological polar surface area (TPSA) is 93.5 Å². The van der Waals surface area contributed by atoms with Gasteiger partial charge in [0.15, 0.2) is 0 Å². The van der Waals surface area contributed by atoms with E-state index in [0.717, 1.165) is 0 Å². The second-order valence-corrected chi connectivity index (χ2v) is 7.92. The minimum Gasteiger partial charge on any atom is -0.497 e. The molecule has 0 saturated carbocycles. The van der Waals surface area contributed by atoms with E-state index in [4.69, 9.17) is 4.74 Å². The van der Waals surface area contributed by atoms with E-state index in [1.807, 2.05) is 0 Å². The van der Waals surface area contributed by atoms with Gasteiger partial charge in [0, 0.05) is 32.4 Å². The van der Waals surface area contributed by atoms with Crippen LogP contribution in [0.1, 0.15) is 23.3 Å². The summed E-state index contributed by atoms with van der Waals surface area (Å²) in [5, 5.41) is 4.01. The zero-order chi connectivity index (χ0) is 18.7. The van der Waals surface area contributed by atoms with Crippen molar-refractivity contribution in [2.45, 2.75) is 23.8 Å². The van der Waals surface area contributed by atoms with Crippen LogP contribution >= 0.6 is 0 Å². The highest BCUT2D eigenvalue weighted by Crippen LogP contribution is 2.19. The molecule has 140 valence electrons. The number of amides is 1. The van der Waals surface area contributed by atoms with Crippen LogP contribution in [0.5, 0.6) is 5.75 Å². The molecule has 0 radical (unpaired) electrons. The molecular weight excluding hydrogens is 356 g/mol. The smallest absolute Gasteiger partial charge is 0.272 e. The third-order valence-electron chi connectivity index (χ3n) is 4.51. The third-order valence-corrected chi connectivity index (χ3v) is 6.05. The van der Waals surface area contributed by atoms with Crippen molar-refractivity contribution in [1.82, 2.24) is 19.4 Å². The molecule has 1 aliphatic heterocycles. The molecule has 0 aliphatic carbocycles. The summed E-state index contributed by atoms with van der Waals surface area (Å²) < 4.78 is 34.3. The van der Waals surface area contributed by atoms with Crippen LogP contribution in [-0.2, 0) is 17.1 Å².